The van der Waals surface area contributed by atoms with E-state index in [4.69, 9.17) is 9.47 Å². The number of hydrogen-bond acceptors (Lipinski definition) is 5. The van der Waals surface area contributed by atoms with Crippen molar-refractivity contribution in [3.05, 3.63) is 58.0 Å². The average molecular weight is 439 g/mol. The molecule has 1 saturated carbocycles. The summed E-state index contributed by atoms with van der Waals surface area (Å²) in [4.78, 5) is 25.3. The van der Waals surface area contributed by atoms with Crippen LogP contribution in [0.3, 0.4) is 0 Å². The van der Waals surface area contributed by atoms with Gasteiger partial charge >= 0.3 is 5.97 Å². The maximum atomic E-state index is 13.1. The third-order valence-corrected chi connectivity index (χ3v) is 7.01. The highest BCUT2D eigenvalue weighted by Gasteiger charge is 2.45. The molecule has 0 amide bonds. The topological polar surface area (TPSA) is 72.8 Å². The Kier molecular flexibility index (Phi) is 5.30. The number of aliphatic carboxylic acids is 1. The summed E-state index contributed by atoms with van der Waals surface area (Å²) in [5, 5.41) is 10.4. The first-order chi connectivity index (χ1) is 14.6. The van der Waals surface area contributed by atoms with Crippen LogP contribution >= 0.6 is 11.3 Å². The number of carboxylic acid groups (broad SMARTS) is 1. The van der Waals surface area contributed by atoms with Crippen LogP contribution in [0.2, 0.25) is 0 Å². The normalized spacial score (nSPS) is 18.1. The van der Waals surface area contributed by atoms with Gasteiger partial charge in [-0.1, -0.05) is 12.1 Å². The van der Waals surface area contributed by atoms with Gasteiger partial charge in [0, 0.05) is 10.6 Å². The number of methoxy groups -OCH3 is 1. The molecular formula is C25H26O5S. The lowest BCUT2D eigenvalue weighted by Gasteiger charge is -2.24. The van der Waals surface area contributed by atoms with E-state index in [-0.39, 0.29) is 17.6 Å². The highest BCUT2D eigenvalue weighted by atomic mass is 32.1. The highest BCUT2D eigenvalue weighted by molar-refractivity contribution is 7.20. The van der Waals surface area contributed by atoms with Crippen LogP contribution in [0, 0.1) is 19.8 Å². The van der Waals surface area contributed by atoms with Crippen LogP contribution in [0.25, 0.3) is 10.1 Å². The van der Waals surface area contributed by atoms with E-state index < -0.39 is 11.6 Å². The minimum absolute atomic E-state index is 0.0176. The number of thiophene rings is 1. The van der Waals surface area contributed by atoms with Crippen molar-refractivity contribution in [3.63, 3.8) is 0 Å². The van der Waals surface area contributed by atoms with Crippen LogP contribution < -0.4 is 9.47 Å². The van der Waals surface area contributed by atoms with Crippen LogP contribution in [0.15, 0.2) is 36.4 Å². The zero-order valence-electron chi connectivity index (χ0n) is 18.3. The quantitative estimate of drug-likeness (QED) is 0.475. The van der Waals surface area contributed by atoms with Crippen molar-refractivity contribution in [1.29, 1.82) is 0 Å². The van der Waals surface area contributed by atoms with E-state index in [2.05, 4.69) is 0 Å². The van der Waals surface area contributed by atoms with Crippen molar-refractivity contribution in [3.8, 4) is 11.5 Å². The third-order valence-electron chi connectivity index (χ3n) is 5.88. The Bertz CT molecular complexity index is 1170. The molecule has 2 atom stereocenters. The van der Waals surface area contributed by atoms with Gasteiger partial charge in [-0.2, -0.15) is 0 Å². The molecule has 1 fully saturated rings. The van der Waals surface area contributed by atoms with Gasteiger partial charge in [0.2, 0.25) is 0 Å². The van der Waals surface area contributed by atoms with E-state index in [1.165, 1.54) is 25.2 Å². The largest absolute Gasteiger partial charge is 0.497 e. The Labute approximate surface area is 185 Å². The molecule has 162 valence electrons. The Morgan fingerprint density at radius 1 is 1.10 bits per heavy atom. The van der Waals surface area contributed by atoms with Gasteiger partial charge < -0.3 is 14.6 Å². The summed E-state index contributed by atoms with van der Waals surface area (Å²) in [6.07, 6.45) is 0.829. The monoisotopic (exact) mass is 438 g/mol. The van der Waals surface area contributed by atoms with Crippen molar-refractivity contribution < 1.29 is 24.2 Å². The van der Waals surface area contributed by atoms with Crippen molar-refractivity contribution in [2.45, 2.75) is 45.6 Å². The number of hydrogen-bond donors (Lipinski definition) is 1. The summed E-state index contributed by atoms with van der Waals surface area (Å²) in [7, 11) is 1.64. The molecule has 4 rings (SSSR count). The number of ether oxygens (including phenoxy) is 2. The minimum atomic E-state index is -1.31. The van der Waals surface area contributed by atoms with E-state index in [1.807, 2.05) is 50.2 Å². The second-order valence-electron chi connectivity index (χ2n) is 8.73. The van der Waals surface area contributed by atoms with E-state index in [1.54, 1.807) is 7.11 Å². The van der Waals surface area contributed by atoms with E-state index in [0.717, 1.165) is 43.8 Å². The Morgan fingerprint density at radius 2 is 1.77 bits per heavy atom. The van der Waals surface area contributed by atoms with Crippen molar-refractivity contribution in [1.82, 2.24) is 0 Å². The molecule has 1 heterocycles. The van der Waals surface area contributed by atoms with Gasteiger partial charge in [0.05, 0.1) is 12.0 Å². The SMILES string of the molecule is COc1ccc2sc(C(=O)C3CC3c3cc(C)c(OC(C)(C)C(=O)O)c(C)c3)cc2c1. The average Bonchev–Trinajstić information content (AvgIpc) is 3.40. The zero-order chi connectivity index (χ0) is 22.5. The lowest BCUT2D eigenvalue weighted by molar-refractivity contribution is -0.152. The first-order valence-electron chi connectivity index (χ1n) is 10.3. The van der Waals surface area contributed by atoms with Crippen LogP contribution in [0.1, 0.15) is 52.5 Å². The molecule has 0 aliphatic heterocycles. The number of benzene rings is 2. The Hall–Kier alpha value is -2.86. The van der Waals surface area contributed by atoms with Gasteiger partial charge in [-0.05, 0) is 86.4 Å². The minimum Gasteiger partial charge on any atom is -0.497 e. The van der Waals surface area contributed by atoms with Crippen LogP contribution in [-0.2, 0) is 4.79 Å². The standard InChI is InChI=1S/C25H26O5S/c1-13-8-15(9-14(2)23(13)30-25(3,4)24(27)28)18-12-19(18)22(26)21-11-16-10-17(29-5)6-7-20(16)31-21/h6-11,18-19H,12H2,1-5H3,(H,27,28). The molecule has 5 nitrogen and oxygen atoms in total. The second-order valence-corrected chi connectivity index (χ2v) is 9.81. The first-order valence-corrected chi connectivity index (χ1v) is 11.1. The maximum absolute atomic E-state index is 13.1. The summed E-state index contributed by atoms with van der Waals surface area (Å²) in [6.45, 7) is 6.92. The number of fused-ring (bicyclic) bond motifs is 1. The number of carbonyl (C=O) groups is 2. The molecule has 1 aliphatic carbocycles. The van der Waals surface area contributed by atoms with Gasteiger partial charge in [-0.25, -0.2) is 4.79 Å². The summed E-state index contributed by atoms with van der Waals surface area (Å²) in [6, 6.07) is 11.9. The number of carbonyl (C=O) groups excluding carboxylic acids is 1. The molecule has 2 aromatic carbocycles. The maximum Gasteiger partial charge on any atom is 0.347 e. The number of aryl methyl sites for hydroxylation is 2. The fourth-order valence-corrected chi connectivity index (χ4v) is 5.01. The molecule has 0 radical (unpaired) electrons. The lowest BCUT2D eigenvalue weighted by atomic mass is 10.00. The molecule has 31 heavy (non-hydrogen) atoms. The molecule has 1 aliphatic rings. The van der Waals surface area contributed by atoms with Crippen LogP contribution in [0.4, 0.5) is 0 Å². The second kappa shape index (κ2) is 7.68. The van der Waals surface area contributed by atoms with E-state index >= 15 is 0 Å². The van der Waals surface area contributed by atoms with Gasteiger partial charge in [0.25, 0.3) is 0 Å². The summed E-state index contributed by atoms with van der Waals surface area (Å²) >= 11 is 1.53. The lowest BCUT2D eigenvalue weighted by Crippen LogP contribution is -2.38. The Balaban J connectivity index is 1.53. The fraction of sp³-hybridized carbons (Fsp3) is 0.360. The number of rotatable bonds is 7. The molecular weight excluding hydrogens is 412 g/mol. The number of Topliss-reactive ketones (excluding diaryl/α,β-unsaturated/α-hetero) is 1. The predicted octanol–water partition coefficient (Wildman–Crippen LogP) is 5.76. The molecule has 3 aromatic rings. The van der Waals surface area contributed by atoms with Crippen molar-refractivity contribution in [2.75, 3.05) is 7.11 Å². The van der Waals surface area contributed by atoms with Crippen molar-refractivity contribution >= 4 is 33.2 Å². The molecule has 0 bridgehead atoms. The fourth-order valence-electron chi connectivity index (χ4n) is 3.96. The van der Waals surface area contributed by atoms with Gasteiger partial charge in [0.15, 0.2) is 11.4 Å². The molecule has 0 saturated heterocycles. The molecule has 1 aromatic heterocycles. The number of ketones is 1. The number of carboxylic acids is 1. The predicted molar refractivity (Wildman–Crippen MR) is 122 cm³/mol. The first kappa shape index (κ1) is 21.4. The van der Waals surface area contributed by atoms with Crippen LogP contribution in [-0.4, -0.2) is 29.6 Å². The smallest absolute Gasteiger partial charge is 0.347 e. The van der Waals surface area contributed by atoms with E-state index in [9.17, 15) is 14.7 Å². The van der Waals surface area contributed by atoms with Gasteiger partial charge in [-0.15, -0.1) is 11.3 Å². The molecule has 0 spiro atoms. The summed E-state index contributed by atoms with van der Waals surface area (Å²) in [5.41, 5.74) is 1.57. The Morgan fingerprint density at radius 3 is 2.39 bits per heavy atom. The molecule has 6 heteroatoms. The van der Waals surface area contributed by atoms with Crippen molar-refractivity contribution in [2.24, 2.45) is 5.92 Å². The van der Waals surface area contributed by atoms with Gasteiger partial charge in [0.1, 0.15) is 11.5 Å². The van der Waals surface area contributed by atoms with Crippen LogP contribution in [0.5, 0.6) is 11.5 Å². The molecule has 1 N–H and O–H groups in total. The summed E-state index contributed by atoms with van der Waals surface area (Å²) < 4.78 is 12.2. The highest BCUT2D eigenvalue weighted by Crippen LogP contribution is 2.51. The summed E-state index contributed by atoms with van der Waals surface area (Å²) in [5.74, 6) is 0.727. The third kappa shape index (κ3) is 4.04. The zero-order valence-corrected chi connectivity index (χ0v) is 19.1. The van der Waals surface area contributed by atoms with E-state index in [0.29, 0.717) is 5.75 Å². The van der Waals surface area contributed by atoms with Gasteiger partial charge in [-0.3, -0.25) is 4.79 Å². The molecule has 2 unspecified atom stereocenters.